The zero-order valence-corrected chi connectivity index (χ0v) is 14.4. The lowest BCUT2D eigenvalue weighted by Crippen LogP contribution is -2.45. The van der Waals surface area contributed by atoms with Gasteiger partial charge in [-0.1, -0.05) is 13.8 Å². The van der Waals surface area contributed by atoms with Crippen molar-refractivity contribution in [2.45, 2.75) is 66.0 Å². The zero-order chi connectivity index (χ0) is 16.3. The SMILES string of the molecule is Cc1nn(CC(C)C)c(C)c1CCC(=O)N1CCCC(N)C1. The maximum Gasteiger partial charge on any atom is 0.222 e. The summed E-state index contributed by atoms with van der Waals surface area (Å²) in [6, 6.07) is 0.148. The molecule has 0 spiro atoms. The van der Waals surface area contributed by atoms with Gasteiger partial charge in [0.25, 0.3) is 0 Å². The number of hydrogen-bond donors (Lipinski definition) is 1. The summed E-state index contributed by atoms with van der Waals surface area (Å²) in [5, 5.41) is 4.62. The summed E-state index contributed by atoms with van der Waals surface area (Å²) in [6.45, 7) is 11.0. The molecule has 0 radical (unpaired) electrons. The van der Waals surface area contributed by atoms with Crippen molar-refractivity contribution < 1.29 is 4.79 Å². The van der Waals surface area contributed by atoms with E-state index in [0.29, 0.717) is 18.9 Å². The predicted molar refractivity (Wildman–Crippen MR) is 88.6 cm³/mol. The molecule has 1 fully saturated rings. The Kier molecular flexibility index (Phi) is 5.62. The predicted octanol–water partition coefficient (Wildman–Crippen LogP) is 2.04. The number of carbonyl (C=O) groups is 1. The number of piperidine rings is 1. The Morgan fingerprint density at radius 2 is 2.14 bits per heavy atom. The van der Waals surface area contributed by atoms with Crippen LogP contribution in [-0.2, 0) is 17.8 Å². The Hall–Kier alpha value is -1.36. The van der Waals surface area contributed by atoms with Crippen LogP contribution < -0.4 is 5.73 Å². The van der Waals surface area contributed by atoms with E-state index >= 15 is 0 Å². The number of nitrogens with zero attached hydrogens (tertiary/aromatic N) is 3. The lowest BCUT2D eigenvalue weighted by molar-refractivity contribution is -0.132. The average molecular weight is 306 g/mol. The van der Waals surface area contributed by atoms with Crippen LogP contribution in [0.2, 0.25) is 0 Å². The van der Waals surface area contributed by atoms with Gasteiger partial charge in [-0.05, 0) is 44.6 Å². The molecule has 0 aromatic carbocycles. The lowest BCUT2D eigenvalue weighted by Gasteiger charge is -2.30. The molecule has 0 saturated carbocycles. The molecule has 0 bridgehead atoms. The normalized spacial score (nSPS) is 19.0. The van der Waals surface area contributed by atoms with Gasteiger partial charge in [0.2, 0.25) is 5.91 Å². The molecule has 2 rings (SSSR count). The molecule has 1 aromatic rings. The van der Waals surface area contributed by atoms with E-state index in [9.17, 15) is 4.79 Å². The van der Waals surface area contributed by atoms with Gasteiger partial charge in [-0.15, -0.1) is 0 Å². The van der Waals surface area contributed by atoms with Crippen molar-refractivity contribution in [3.63, 3.8) is 0 Å². The minimum Gasteiger partial charge on any atom is -0.341 e. The smallest absolute Gasteiger partial charge is 0.222 e. The largest absolute Gasteiger partial charge is 0.341 e. The second-order valence-corrected chi connectivity index (χ2v) is 6.97. The van der Waals surface area contributed by atoms with E-state index in [-0.39, 0.29) is 11.9 Å². The molecule has 2 heterocycles. The van der Waals surface area contributed by atoms with Crippen molar-refractivity contribution in [3.8, 4) is 0 Å². The van der Waals surface area contributed by atoms with Gasteiger partial charge in [0.15, 0.2) is 0 Å². The van der Waals surface area contributed by atoms with E-state index in [2.05, 4.69) is 30.6 Å². The van der Waals surface area contributed by atoms with Gasteiger partial charge in [-0.2, -0.15) is 5.10 Å². The molecule has 22 heavy (non-hydrogen) atoms. The molecular weight excluding hydrogens is 276 g/mol. The first-order chi connectivity index (χ1) is 10.4. The van der Waals surface area contributed by atoms with Gasteiger partial charge in [0.05, 0.1) is 5.69 Å². The highest BCUT2D eigenvalue weighted by Gasteiger charge is 2.22. The van der Waals surface area contributed by atoms with Crippen LogP contribution in [0.15, 0.2) is 0 Å². The monoisotopic (exact) mass is 306 g/mol. The summed E-state index contributed by atoms with van der Waals surface area (Å²) >= 11 is 0. The zero-order valence-electron chi connectivity index (χ0n) is 14.4. The third kappa shape index (κ3) is 4.09. The van der Waals surface area contributed by atoms with E-state index in [1.807, 2.05) is 11.8 Å². The maximum absolute atomic E-state index is 12.4. The van der Waals surface area contributed by atoms with Crippen molar-refractivity contribution >= 4 is 5.91 Å². The summed E-state index contributed by atoms with van der Waals surface area (Å²) in [6.07, 6.45) is 3.39. The van der Waals surface area contributed by atoms with Gasteiger partial charge in [-0.25, -0.2) is 0 Å². The van der Waals surface area contributed by atoms with Crippen LogP contribution in [0, 0.1) is 19.8 Å². The summed E-state index contributed by atoms with van der Waals surface area (Å²) in [5.41, 5.74) is 9.45. The molecule has 1 atom stereocenters. The first-order valence-corrected chi connectivity index (χ1v) is 8.44. The first kappa shape index (κ1) is 17.0. The topological polar surface area (TPSA) is 64.2 Å². The lowest BCUT2D eigenvalue weighted by atomic mass is 10.0. The van der Waals surface area contributed by atoms with E-state index in [0.717, 1.165) is 38.0 Å². The van der Waals surface area contributed by atoms with Crippen LogP contribution in [-0.4, -0.2) is 39.7 Å². The molecule has 2 N–H and O–H groups in total. The van der Waals surface area contributed by atoms with Crippen LogP contribution in [0.25, 0.3) is 0 Å². The van der Waals surface area contributed by atoms with Crippen LogP contribution >= 0.6 is 0 Å². The second-order valence-electron chi connectivity index (χ2n) is 6.97. The van der Waals surface area contributed by atoms with E-state index in [1.54, 1.807) is 0 Å². The number of nitrogens with two attached hydrogens (primary N) is 1. The number of amides is 1. The van der Waals surface area contributed by atoms with E-state index in [1.165, 1.54) is 11.3 Å². The van der Waals surface area contributed by atoms with Gasteiger partial charge in [0.1, 0.15) is 0 Å². The molecule has 1 aromatic heterocycles. The van der Waals surface area contributed by atoms with Crippen molar-refractivity contribution in [2.24, 2.45) is 11.7 Å². The molecule has 1 aliphatic rings. The molecular formula is C17H30N4O. The molecule has 1 unspecified atom stereocenters. The Morgan fingerprint density at radius 1 is 1.41 bits per heavy atom. The number of carbonyl (C=O) groups excluding carboxylic acids is 1. The van der Waals surface area contributed by atoms with E-state index < -0.39 is 0 Å². The molecule has 5 heteroatoms. The maximum atomic E-state index is 12.4. The van der Waals surface area contributed by atoms with Crippen LogP contribution in [0.1, 0.15) is 50.1 Å². The molecule has 5 nitrogen and oxygen atoms in total. The first-order valence-electron chi connectivity index (χ1n) is 8.44. The number of hydrogen-bond acceptors (Lipinski definition) is 3. The fraction of sp³-hybridized carbons (Fsp3) is 0.765. The second kappa shape index (κ2) is 7.27. The fourth-order valence-electron chi connectivity index (χ4n) is 3.25. The Balaban J connectivity index is 1.96. The van der Waals surface area contributed by atoms with Crippen LogP contribution in [0.3, 0.4) is 0 Å². The van der Waals surface area contributed by atoms with Gasteiger partial charge in [-0.3, -0.25) is 9.48 Å². The number of rotatable bonds is 5. The number of likely N-dealkylation sites (tertiary alicyclic amines) is 1. The standard InChI is InChI=1S/C17H30N4O/c1-12(2)10-21-14(4)16(13(3)19-21)7-8-17(22)20-9-5-6-15(18)11-20/h12,15H,5-11,18H2,1-4H3. The highest BCUT2D eigenvalue weighted by Crippen LogP contribution is 2.18. The van der Waals surface area contributed by atoms with Gasteiger partial charge >= 0.3 is 0 Å². The van der Waals surface area contributed by atoms with Crippen molar-refractivity contribution in [3.05, 3.63) is 17.0 Å². The highest BCUT2D eigenvalue weighted by atomic mass is 16.2. The molecule has 124 valence electrons. The van der Waals surface area contributed by atoms with Crippen molar-refractivity contribution in [1.29, 1.82) is 0 Å². The minimum absolute atomic E-state index is 0.148. The summed E-state index contributed by atoms with van der Waals surface area (Å²) in [7, 11) is 0. The fourth-order valence-corrected chi connectivity index (χ4v) is 3.25. The number of aromatic nitrogens is 2. The van der Waals surface area contributed by atoms with Crippen LogP contribution in [0.5, 0.6) is 0 Å². The Labute approximate surface area is 133 Å². The van der Waals surface area contributed by atoms with Gasteiger partial charge in [0, 0.05) is 37.8 Å². The Morgan fingerprint density at radius 3 is 2.77 bits per heavy atom. The molecule has 1 saturated heterocycles. The molecule has 0 aliphatic carbocycles. The van der Waals surface area contributed by atoms with Crippen LogP contribution in [0.4, 0.5) is 0 Å². The highest BCUT2D eigenvalue weighted by molar-refractivity contribution is 5.76. The molecule has 1 amide bonds. The summed E-state index contributed by atoms with van der Waals surface area (Å²) in [4.78, 5) is 14.3. The van der Waals surface area contributed by atoms with Crippen molar-refractivity contribution in [1.82, 2.24) is 14.7 Å². The summed E-state index contributed by atoms with van der Waals surface area (Å²) < 4.78 is 2.08. The third-order valence-electron chi connectivity index (χ3n) is 4.47. The molecule has 1 aliphatic heterocycles. The number of aryl methyl sites for hydroxylation is 1. The minimum atomic E-state index is 0.148. The van der Waals surface area contributed by atoms with Crippen molar-refractivity contribution in [2.75, 3.05) is 13.1 Å². The Bertz CT molecular complexity index is 521. The summed E-state index contributed by atoms with van der Waals surface area (Å²) in [5.74, 6) is 0.799. The average Bonchev–Trinajstić information content (AvgIpc) is 2.70. The quantitative estimate of drug-likeness (QED) is 0.905. The van der Waals surface area contributed by atoms with Gasteiger partial charge < -0.3 is 10.6 Å². The third-order valence-corrected chi connectivity index (χ3v) is 4.47. The van der Waals surface area contributed by atoms with E-state index in [4.69, 9.17) is 5.73 Å².